The Morgan fingerprint density at radius 3 is 2.20 bits per heavy atom. The largest absolute Gasteiger partial charge is 0.377 e. The molecule has 0 radical (unpaired) electrons. The molecule has 2 heterocycles. The van der Waals surface area contributed by atoms with Crippen molar-refractivity contribution in [2.45, 2.75) is 13.3 Å². The lowest BCUT2D eigenvalue weighted by Gasteiger charge is -2.34. The lowest BCUT2D eigenvalue weighted by atomic mass is 10.2. The highest BCUT2D eigenvalue weighted by Gasteiger charge is 2.20. The van der Waals surface area contributed by atoms with Crippen molar-refractivity contribution in [3.05, 3.63) is 11.3 Å². The van der Waals surface area contributed by atoms with Crippen LogP contribution in [0.3, 0.4) is 0 Å². The highest BCUT2D eigenvalue weighted by molar-refractivity contribution is 5.18. The second kappa shape index (κ2) is 4.54. The van der Waals surface area contributed by atoms with Crippen LogP contribution in [0.4, 0.5) is 0 Å². The summed E-state index contributed by atoms with van der Waals surface area (Å²) in [6.45, 7) is 9.55. The fourth-order valence-electron chi connectivity index (χ4n) is 2.41. The molecule has 0 aliphatic carbocycles. The maximum absolute atomic E-state index is 2.58. The molecule has 0 amide bonds. The zero-order chi connectivity index (χ0) is 10.8. The summed E-state index contributed by atoms with van der Waals surface area (Å²) in [5.74, 6) is 0. The molecule has 0 unspecified atom stereocenters. The molecule has 3 nitrogen and oxygen atoms in total. The lowest BCUT2D eigenvalue weighted by molar-refractivity contribution is 0.157. The molecule has 1 saturated heterocycles. The minimum atomic E-state index is 1.16. The van der Waals surface area contributed by atoms with Crippen molar-refractivity contribution in [1.29, 1.82) is 0 Å². The van der Waals surface area contributed by atoms with E-state index in [1.54, 1.807) is 11.3 Å². The van der Waals surface area contributed by atoms with E-state index in [2.05, 4.69) is 35.7 Å². The van der Waals surface area contributed by atoms with E-state index in [0.717, 1.165) is 6.54 Å². The van der Waals surface area contributed by atoms with Crippen LogP contribution in [0.25, 0.3) is 0 Å². The van der Waals surface area contributed by atoms with E-state index in [1.165, 1.54) is 39.1 Å². The molecule has 2 rings (SSSR count). The minimum Gasteiger partial charge on any atom is -0.377 e. The Morgan fingerprint density at radius 2 is 1.67 bits per heavy atom. The summed E-state index contributed by atoms with van der Waals surface area (Å²) < 4.78 is 0. The number of likely N-dealkylation sites (N-methyl/N-ethyl adjacent to an activating group) is 2. The van der Waals surface area contributed by atoms with E-state index in [0.29, 0.717) is 0 Å². The first-order valence-electron chi connectivity index (χ1n) is 5.97. The van der Waals surface area contributed by atoms with Gasteiger partial charge in [0.2, 0.25) is 0 Å². The van der Waals surface area contributed by atoms with Gasteiger partial charge in [0.15, 0.2) is 0 Å². The molecule has 0 aromatic rings. The smallest absolute Gasteiger partial charge is 0.0384 e. The Labute approximate surface area is 93.3 Å². The van der Waals surface area contributed by atoms with Crippen molar-refractivity contribution < 1.29 is 0 Å². The lowest BCUT2D eigenvalue weighted by Crippen LogP contribution is -2.45. The standard InChI is InChI=1S/C12H23N3/c1-11-4-5-14(3)12(11)10-15-8-6-13(2)7-9-15/h4-10H2,1-3H3. The third kappa shape index (κ3) is 2.52. The van der Waals surface area contributed by atoms with Crippen LogP contribution in [0, 0.1) is 0 Å². The average molecular weight is 209 g/mol. The fraction of sp³-hybridized carbons (Fsp3) is 0.833. The average Bonchev–Trinajstić information content (AvgIpc) is 2.53. The van der Waals surface area contributed by atoms with E-state index in [9.17, 15) is 0 Å². The van der Waals surface area contributed by atoms with Gasteiger partial charge < -0.3 is 9.80 Å². The van der Waals surface area contributed by atoms with Crippen molar-refractivity contribution in [2.75, 3.05) is 53.4 Å². The van der Waals surface area contributed by atoms with E-state index >= 15 is 0 Å². The molecular weight excluding hydrogens is 186 g/mol. The van der Waals surface area contributed by atoms with Gasteiger partial charge in [0.1, 0.15) is 0 Å². The van der Waals surface area contributed by atoms with Gasteiger partial charge in [0, 0.05) is 52.0 Å². The normalized spacial score (nSPS) is 25.4. The topological polar surface area (TPSA) is 9.72 Å². The Bertz CT molecular complexity index is 252. The van der Waals surface area contributed by atoms with Gasteiger partial charge in [-0.2, -0.15) is 0 Å². The first-order chi connectivity index (χ1) is 7.16. The summed E-state index contributed by atoms with van der Waals surface area (Å²) in [7, 11) is 4.44. The highest BCUT2D eigenvalue weighted by atomic mass is 15.3. The molecule has 3 heteroatoms. The Balaban J connectivity index is 1.89. The van der Waals surface area contributed by atoms with E-state index in [-0.39, 0.29) is 0 Å². The molecule has 2 aliphatic rings. The van der Waals surface area contributed by atoms with Crippen molar-refractivity contribution in [3.8, 4) is 0 Å². The van der Waals surface area contributed by atoms with Crippen LogP contribution >= 0.6 is 0 Å². The zero-order valence-corrected chi connectivity index (χ0v) is 10.3. The van der Waals surface area contributed by atoms with Crippen LogP contribution < -0.4 is 0 Å². The number of piperazine rings is 1. The van der Waals surface area contributed by atoms with Crippen LogP contribution in [-0.4, -0.2) is 68.1 Å². The van der Waals surface area contributed by atoms with Gasteiger partial charge in [-0.15, -0.1) is 0 Å². The number of hydrogen-bond donors (Lipinski definition) is 0. The van der Waals surface area contributed by atoms with Gasteiger partial charge in [-0.1, -0.05) is 5.57 Å². The maximum atomic E-state index is 2.58. The monoisotopic (exact) mass is 209 g/mol. The second-order valence-electron chi connectivity index (χ2n) is 4.98. The maximum Gasteiger partial charge on any atom is 0.0384 e. The minimum absolute atomic E-state index is 1.16. The van der Waals surface area contributed by atoms with Crippen LogP contribution in [0.2, 0.25) is 0 Å². The summed E-state index contributed by atoms with van der Waals surface area (Å²) in [5.41, 5.74) is 3.16. The van der Waals surface area contributed by atoms with Gasteiger partial charge >= 0.3 is 0 Å². The number of nitrogens with zero attached hydrogens (tertiary/aromatic N) is 3. The van der Waals surface area contributed by atoms with Crippen molar-refractivity contribution >= 4 is 0 Å². The van der Waals surface area contributed by atoms with Gasteiger partial charge in [-0.3, -0.25) is 4.90 Å². The van der Waals surface area contributed by atoms with Crippen LogP contribution in [0.15, 0.2) is 11.3 Å². The molecule has 86 valence electrons. The molecular formula is C12H23N3. The molecule has 15 heavy (non-hydrogen) atoms. The quantitative estimate of drug-likeness (QED) is 0.667. The molecule has 0 spiro atoms. The SMILES string of the molecule is CC1=C(CN2CCN(C)CC2)N(C)CC1. The highest BCUT2D eigenvalue weighted by Crippen LogP contribution is 2.21. The van der Waals surface area contributed by atoms with Crippen molar-refractivity contribution in [3.63, 3.8) is 0 Å². The summed E-state index contributed by atoms with van der Waals surface area (Å²) in [5, 5.41) is 0. The predicted molar refractivity (Wildman–Crippen MR) is 63.9 cm³/mol. The molecule has 0 aromatic heterocycles. The molecule has 0 atom stereocenters. The van der Waals surface area contributed by atoms with E-state index in [4.69, 9.17) is 0 Å². The molecule has 0 bridgehead atoms. The van der Waals surface area contributed by atoms with Gasteiger partial charge in [-0.05, 0) is 20.4 Å². The third-order valence-corrected chi connectivity index (χ3v) is 3.74. The van der Waals surface area contributed by atoms with Crippen molar-refractivity contribution in [2.24, 2.45) is 0 Å². The van der Waals surface area contributed by atoms with Gasteiger partial charge in [0.05, 0.1) is 0 Å². The van der Waals surface area contributed by atoms with Crippen LogP contribution in [0.1, 0.15) is 13.3 Å². The molecule has 1 fully saturated rings. The van der Waals surface area contributed by atoms with Gasteiger partial charge in [-0.25, -0.2) is 0 Å². The fourth-order valence-corrected chi connectivity index (χ4v) is 2.41. The van der Waals surface area contributed by atoms with Gasteiger partial charge in [0.25, 0.3) is 0 Å². The first kappa shape index (κ1) is 11.0. The predicted octanol–water partition coefficient (Wildman–Crippen LogP) is 0.843. The zero-order valence-electron chi connectivity index (χ0n) is 10.3. The number of hydrogen-bond acceptors (Lipinski definition) is 3. The summed E-state index contributed by atoms with van der Waals surface area (Å²) >= 11 is 0. The second-order valence-corrected chi connectivity index (χ2v) is 4.98. The molecule has 2 aliphatic heterocycles. The Hall–Kier alpha value is -0.540. The Kier molecular flexibility index (Phi) is 3.32. The molecule has 0 N–H and O–H groups in total. The van der Waals surface area contributed by atoms with Crippen molar-refractivity contribution in [1.82, 2.24) is 14.7 Å². The molecule has 0 aromatic carbocycles. The van der Waals surface area contributed by atoms with E-state index < -0.39 is 0 Å². The van der Waals surface area contributed by atoms with Crippen LogP contribution in [-0.2, 0) is 0 Å². The summed E-state index contributed by atoms with van der Waals surface area (Å²) in [4.78, 5) is 7.42. The summed E-state index contributed by atoms with van der Waals surface area (Å²) in [6.07, 6.45) is 1.26. The first-order valence-corrected chi connectivity index (χ1v) is 5.97. The summed E-state index contributed by atoms with van der Waals surface area (Å²) in [6, 6.07) is 0. The van der Waals surface area contributed by atoms with E-state index in [1.807, 2.05) is 0 Å². The third-order valence-electron chi connectivity index (χ3n) is 3.74. The Morgan fingerprint density at radius 1 is 1.00 bits per heavy atom. The van der Waals surface area contributed by atoms with Crippen LogP contribution in [0.5, 0.6) is 0 Å². The number of rotatable bonds is 2. The molecule has 0 saturated carbocycles.